The van der Waals surface area contributed by atoms with Gasteiger partial charge in [0.15, 0.2) is 10.8 Å². The third-order valence-electron chi connectivity index (χ3n) is 4.11. The van der Waals surface area contributed by atoms with E-state index in [0.717, 1.165) is 42.1 Å². The number of furan rings is 1. The molecule has 3 rings (SSSR count). The van der Waals surface area contributed by atoms with Crippen molar-refractivity contribution in [2.24, 2.45) is 5.92 Å². The van der Waals surface area contributed by atoms with Crippen molar-refractivity contribution >= 4 is 17.4 Å². The molecule has 1 aliphatic rings. The SMILES string of the molecule is O=C(NCc1csc(-c2ccco2)n1)NC[C@H]1CCCC[C@@H]1O. The fourth-order valence-electron chi connectivity index (χ4n) is 2.78. The van der Waals surface area contributed by atoms with E-state index in [4.69, 9.17) is 4.42 Å². The number of carbonyl (C=O) groups excluding carboxylic acids is 1. The van der Waals surface area contributed by atoms with Crippen molar-refractivity contribution in [3.8, 4) is 10.8 Å². The summed E-state index contributed by atoms with van der Waals surface area (Å²) in [6.07, 6.45) is 5.33. The van der Waals surface area contributed by atoms with E-state index in [1.54, 1.807) is 6.26 Å². The summed E-state index contributed by atoms with van der Waals surface area (Å²) in [4.78, 5) is 16.3. The minimum atomic E-state index is -0.293. The molecular formula is C16H21N3O3S. The van der Waals surface area contributed by atoms with Crippen LogP contribution in [0.5, 0.6) is 0 Å². The molecule has 0 aliphatic heterocycles. The zero-order valence-corrected chi connectivity index (χ0v) is 13.6. The van der Waals surface area contributed by atoms with Crippen molar-refractivity contribution < 1.29 is 14.3 Å². The van der Waals surface area contributed by atoms with Crippen molar-refractivity contribution in [1.29, 1.82) is 0 Å². The van der Waals surface area contributed by atoms with Crippen LogP contribution in [0.4, 0.5) is 4.79 Å². The highest BCUT2D eigenvalue weighted by Crippen LogP contribution is 2.24. The molecule has 2 atom stereocenters. The number of thiazole rings is 1. The van der Waals surface area contributed by atoms with Crippen LogP contribution in [0.3, 0.4) is 0 Å². The van der Waals surface area contributed by atoms with Crippen LogP contribution in [0.15, 0.2) is 28.2 Å². The van der Waals surface area contributed by atoms with Gasteiger partial charge in [0.2, 0.25) is 0 Å². The number of aromatic nitrogens is 1. The fraction of sp³-hybridized carbons (Fsp3) is 0.500. The highest BCUT2D eigenvalue weighted by molar-refractivity contribution is 7.13. The summed E-state index contributed by atoms with van der Waals surface area (Å²) in [5, 5.41) is 18.2. The van der Waals surface area contributed by atoms with Crippen molar-refractivity contribution in [3.63, 3.8) is 0 Å². The number of nitrogens with zero attached hydrogens (tertiary/aromatic N) is 1. The van der Waals surface area contributed by atoms with Gasteiger partial charge in [0.05, 0.1) is 24.6 Å². The number of nitrogens with one attached hydrogen (secondary N) is 2. The molecule has 0 unspecified atom stereocenters. The molecule has 1 aliphatic carbocycles. The molecule has 0 aromatic carbocycles. The standard InChI is InChI=1S/C16H21N3O3S/c20-13-5-2-1-4-11(13)8-17-16(21)18-9-12-10-23-15(19-12)14-6-3-7-22-14/h3,6-7,10-11,13,20H,1-2,4-5,8-9H2,(H2,17,18,21)/t11-,13+/m1/s1. The molecule has 7 heteroatoms. The first kappa shape index (κ1) is 16.0. The smallest absolute Gasteiger partial charge is 0.315 e. The molecular weight excluding hydrogens is 314 g/mol. The average Bonchev–Trinajstić information content (AvgIpc) is 3.23. The molecule has 0 saturated heterocycles. The van der Waals surface area contributed by atoms with Crippen LogP contribution in [-0.4, -0.2) is 28.8 Å². The summed E-state index contributed by atoms with van der Waals surface area (Å²) in [6.45, 7) is 0.887. The van der Waals surface area contributed by atoms with Crippen LogP contribution in [0.2, 0.25) is 0 Å². The molecule has 2 heterocycles. The van der Waals surface area contributed by atoms with Crippen LogP contribution in [0, 0.1) is 5.92 Å². The van der Waals surface area contributed by atoms with Gasteiger partial charge in [0.1, 0.15) is 0 Å². The first-order valence-corrected chi connectivity index (χ1v) is 8.78. The highest BCUT2D eigenvalue weighted by atomic mass is 32.1. The van der Waals surface area contributed by atoms with Gasteiger partial charge in [-0.3, -0.25) is 0 Å². The number of rotatable bonds is 5. The zero-order chi connectivity index (χ0) is 16.1. The van der Waals surface area contributed by atoms with E-state index in [1.807, 2.05) is 17.5 Å². The van der Waals surface area contributed by atoms with Crippen LogP contribution in [0.1, 0.15) is 31.4 Å². The molecule has 1 fully saturated rings. The summed E-state index contributed by atoms with van der Waals surface area (Å²) < 4.78 is 5.30. The largest absolute Gasteiger partial charge is 0.462 e. The van der Waals surface area contributed by atoms with Crippen LogP contribution >= 0.6 is 11.3 Å². The predicted octanol–water partition coefficient (Wildman–Crippen LogP) is 2.75. The van der Waals surface area contributed by atoms with Crippen molar-refractivity contribution in [3.05, 3.63) is 29.5 Å². The Morgan fingerprint density at radius 1 is 1.39 bits per heavy atom. The monoisotopic (exact) mass is 335 g/mol. The molecule has 2 amide bonds. The topological polar surface area (TPSA) is 87.4 Å². The van der Waals surface area contributed by atoms with Gasteiger partial charge in [-0.1, -0.05) is 12.8 Å². The number of hydrogen-bond donors (Lipinski definition) is 3. The van der Waals surface area contributed by atoms with Gasteiger partial charge in [-0.2, -0.15) is 0 Å². The lowest BCUT2D eigenvalue weighted by atomic mass is 9.86. The Morgan fingerprint density at radius 2 is 2.26 bits per heavy atom. The molecule has 2 aromatic rings. The second kappa shape index (κ2) is 7.61. The van der Waals surface area contributed by atoms with Gasteiger partial charge in [-0.25, -0.2) is 9.78 Å². The van der Waals surface area contributed by atoms with Gasteiger partial charge in [-0.05, 0) is 25.0 Å². The van der Waals surface area contributed by atoms with E-state index < -0.39 is 0 Å². The van der Waals surface area contributed by atoms with Crippen LogP contribution in [0.25, 0.3) is 10.8 Å². The lowest BCUT2D eigenvalue weighted by molar-refractivity contribution is 0.0709. The lowest BCUT2D eigenvalue weighted by Crippen LogP contribution is -2.41. The van der Waals surface area contributed by atoms with E-state index in [-0.39, 0.29) is 18.1 Å². The Bertz CT molecular complexity index is 626. The fourth-order valence-corrected chi connectivity index (χ4v) is 3.57. The van der Waals surface area contributed by atoms with Gasteiger partial charge in [0.25, 0.3) is 0 Å². The minimum absolute atomic E-state index is 0.166. The Labute approximate surface area is 138 Å². The van der Waals surface area contributed by atoms with E-state index in [1.165, 1.54) is 11.3 Å². The summed E-state index contributed by atoms with van der Waals surface area (Å²) in [6, 6.07) is 3.45. The maximum absolute atomic E-state index is 11.9. The normalized spacial score (nSPS) is 21.1. The van der Waals surface area contributed by atoms with Crippen molar-refractivity contribution in [1.82, 2.24) is 15.6 Å². The number of aliphatic hydroxyl groups excluding tert-OH is 1. The number of carbonyl (C=O) groups is 1. The van der Waals surface area contributed by atoms with E-state index in [9.17, 15) is 9.90 Å². The van der Waals surface area contributed by atoms with Gasteiger partial charge >= 0.3 is 6.03 Å². The molecule has 2 aromatic heterocycles. The van der Waals surface area contributed by atoms with E-state index >= 15 is 0 Å². The Morgan fingerprint density at radius 3 is 3.04 bits per heavy atom. The summed E-state index contributed by atoms with van der Waals surface area (Å²) in [5.74, 6) is 0.899. The lowest BCUT2D eigenvalue weighted by Gasteiger charge is -2.27. The molecule has 0 spiro atoms. The maximum Gasteiger partial charge on any atom is 0.315 e. The molecule has 23 heavy (non-hydrogen) atoms. The van der Waals surface area contributed by atoms with E-state index in [0.29, 0.717) is 13.1 Å². The minimum Gasteiger partial charge on any atom is -0.462 e. The van der Waals surface area contributed by atoms with Crippen LogP contribution < -0.4 is 10.6 Å². The van der Waals surface area contributed by atoms with Crippen LogP contribution in [-0.2, 0) is 6.54 Å². The third-order valence-corrected chi connectivity index (χ3v) is 5.01. The Balaban J connectivity index is 1.42. The first-order chi connectivity index (χ1) is 11.2. The molecule has 0 radical (unpaired) electrons. The maximum atomic E-state index is 11.9. The quantitative estimate of drug-likeness (QED) is 0.784. The second-order valence-electron chi connectivity index (χ2n) is 5.80. The van der Waals surface area contributed by atoms with Gasteiger partial charge in [0, 0.05) is 17.8 Å². The summed E-state index contributed by atoms with van der Waals surface area (Å²) in [7, 11) is 0. The summed E-state index contributed by atoms with van der Waals surface area (Å²) in [5.41, 5.74) is 0.800. The molecule has 3 N–H and O–H groups in total. The molecule has 124 valence electrons. The second-order valence-corrected chi connectivity index (χ2v) is 6.65. The third kappa shape index (κ3) is 4.33. The first-order valence-electron chi connectivity index (χ1n) is 7.90. The van der Waals surface area contributed by atoms with Crippen molar-refractivity contribution in [2.45, 2.75) is 38.3 Å². The number of urea groups is 1. The highest BCUT2D eigenvalue weighted by Gasteiger charge is 2.23. The predicted molar refractivity (Wildman–Crippen MR) is 88.0 cm³/mol. The number of amides is 2. The average molecular weight is 335 g/mol. The number of hydrogen-bond acceptors (Lipinski definition) is 5. The van der Waals surface area contributed by atoms with Crippen molar-refractivity contribution in [2.75, 3.05) is 6.54 Å². The summed E-state index contributed by atoms with van der Waals surface area (Å²) >= 11 is 1.49. The van der Waals surface area contributed by atoms with E-state index in [2.05, 4.69) is 15.6 Å². The molecule has 6 nitrogen and oxygen atoms in total. The Hall–Kier alpha value is -1.86. The zero-order valence-electron chi connectivity index (χ0n) is 12.8. The Kier molecular flexibility index (Phi) is 5.30. The number of aliphatic hydroxyl groups is 1. The molecule has 0 bridgehead atoms. The van der Waals surface area contributed by atoms with Gasteiger partial charge < -0.3 is 20.2 Å². The van der Waals surface area contributed by atoms with Gasteiger partial charge in [-0.15, -0.1) is 11.3 Å². The molecule has 1 saturated carbocycles.